The molecule has 0 N–H and O–H groups in total. The van der Waals surface area contributed by atoms with Crippen LogP contribution in [-0.4, -0.2) is 24.5 Å². The third-order valence-corrected chi connectivity index (χ3v) is 7.11. The van der Waals surface area contributed by atoms with Gasteiger partial charge in [0.15, 0.2) is 6.10 Å². The largest absolute Gasteiger partial charge is 0.494 e. The van der Waals surface area contributed by atoms with E-state index in [1.54, 1.807) is 29.3 Å². The molecule has 0 aliphatic carbocycles. The molecule has 0 unspecified atom stereocenters. The number of hydrogen-bond acceptors (Lipinski definition) is 5. The third-order valence-electron chi connectivity index (χ3n) is 7.11. The van der Waals surface area contributed by atoms with Gasteiger partial charge in [0.25, 0.3) is 5.91 Å². The predicted molar refractivity (Wildman–Crippen MR) is 145 cm³/mol. The van der Waals surface area contributed by atoms with Gasteiger partial charge in [-0.05, 0) is 59.4 Å². The number of imide groups is 1. The Labute approximate surface area is 218 Å². The maximum Gasteiger partial charge on any atom is 0.266 e. The van der Waals surface area contributed by atoms with Gasteiger partial charge in [-0.3, -0.25) is 14.4 Å². The molecule has 2 aliphatic heterocycles. The Hall–Kier alpha value is -3.64. The Morgan fingerprint density at radius 3 is 2.14 bits per heavy atom. The van der Waals surface area contributed by atoms with Crippen LogP contribution in [0, 0.1) is 5.92 Å². The highest BCUT2D eigenvalue weighted by Gasteiger charge is 2.60. The fraction of sp³-hybridized carbons (Fsp3) is 0.355. The minimum absolute atomic E-state index is 0.00865. The molecule has 0 aromatic heterocycles. The number of fused-ring (bicyclic) bond motifs is 1. The predicted octanol–water partition coefficient (Wildman–Crippen LogP) is 6.21. The molecule has 0 saturated carbocycles. The van der Waals surface area contributed by atoms with Crippen LogP contribution in [0.3, 0.4) is 0 Å². The Morgan fingerprint density at radius 2 is 1.51 bits per heavy atom. The van der Waals surface area contributed by atoms with Crippen LogP contribution in [-0.2, 0) is 19.8 Å². The number of benzene rings is 3. The fourth-order valence-corrected chi connectivity index (χ4v) is 5.01. The SMILES string of the molecule is CCCCOc1ccc(N2C(=O)[C@@H]3[C@@H](ON(c4ccccc4)[C@H]3c3ccc(C(C)(C)C)cc3)C2=O)cc1. The summed E-state index contributed by atoms with van der Waals surface area (Å²) in [5, 5.41) is 1.74. The molecule has 3 atom stereocenters. The highest BCUT2D eigenvalue weighted by Crippen LogP contribution is 2.47. The number of amides is 2. The molecule has 5 rings (SSSR count). The molecule has 0 spiro atoms. The van der Waals surface area contributed by atoms with Crippen LogP contribution in [0.25, 0.3) is 0 Å². The van der Waals surface area contributed by atoms with Gasteiger partial charge in [-0.1, -0.05) is 76.6 Å². The van der Waals surface area contributed by atoms with Crippen molar-refractivity contribution in [3.63, 3.8) is 0 Å². The van der Waals surface area contributed by atoms with E-state index in [1.165, 1.54) is 10.5 Å². The molecular weight excluding hydrogens is 464 g/mol. The maximum atomic E-state index is 13.8. The molecule has 2 amide bonds. The molecule has 3 aromatic rings. The molecule has 37 heavy (non-hydrogen) atoms. The summed E-state index contributed by atoms with van der Waals surface area (Å²) in [5.41, 5.74) is 3.49. The lowest BCUT2D eigenvalue weighted by Crippen LogP contribution is -2.37. The summed E-state index contributed by atoms with van der Waals surface area (Å²) in [5.74, 6) is -0.532. The number of hydrogen-bond donors (Lipinski definition) is 0. The van der Waals surface area contributed by atoms with E-state index in [0.29, 0.717) is 12.3 Å². The number of rotatable bonds is 7. The van der Waals surface area contributed by atoms with E-state index >= 15 is 0 Å². The minimum Gasteiger partial charge on any atom is -0.494 e. The summed E-state index contributed by atoms with van der Waals surface area (Å²) in [6.07, 6.45) is 1.14. The molecule has 6 heteroatoms. The molecule has 2 saturated heterocycles. The molecule has 192 valence electrons. The average Bonchev–Trinajstić information content (AvgIpc) is 3.41. The Kier molecular flexibility index (Phi) is 6.78. The molecule has 3 aromatic carbocycles. The van der Waals surface area contributed by atoms with Gasteiger partial charge >= 0.3 is 0 Å². The van der Waals surface area contributed by atoms with Gasteiger partial charge in [0.2, 0.25) is 5.91 Å². The highest BCUT2D eigenvalue weighted by atomic mass is 16.7. The van der Waals surface area contributed by atoms with Crippen molar-refractivity contribution in [2.75, 3.05) is 16.6 Å². The topological polar surface area (TPSA) is 59.1 Å². The lowest BCUT2D eigenvalue weighted by Gasteiger charge is -2.29. The molecule has 2 heterocycles. The van der Waals surface area contributed by atoms with E-state index in [0.717, 1.165) is 29.8 Å². The van der Waals surface area contributed by atoms with E-state index in [4.69, 9.17) is 9.57 Å². The Balaban J connectivity index is 1.47. The van der Waals surface area contributed by atoms with E-state index in [1.807, 2.05) is 30.3 Å². The second-order valence-electron chi connectivity index (χ2n) is 10.7. The zero-order valence-electron chi connectivity index (χ0n) is 21.9. The number of nitrogens with zero attached hydrogens (tertiary/aromatic N) is 2. The molecule has 2 aliphatic rings. The second-order valence-corrected chi connectivity index (χ2v) is 10.7. The van der Waals surface area contributed by atoms with E-state index in [-0.39, 0.29) is 17.2 Å². The standard InChI is InChI=1S/C31H34N2O4/c1-5-6-20-36-25-18-16-23(17-19-25)32-29(34)26-27(21-12-14-22(15-13-21)31(2,3)4)33(37-28(26)30(32)35)24-10-8-7-9-11-24/h7-19,26-28H,5-6,20H2,1-4H3/t26-,27-,28+/m0/s1. The van der Waals surface area contributed by atoms with Crippen LogP contribution >= 0.6 is 0 Å². The van der Waals surface area contributed by atoms with Gasteiger partial charge < -0.3 is 4.74 Å². The summed E-state index contributed by atoms with van der Waals surface area (Å²) in [4.78, 5) is 34.9. The van der Waals surface area contributed by atoms with E-state index in [2.05, 4.69) is 52.0 Å². The van der Waals surface area contributed by atoms with Crippen LogP contribution in [0.5, 0.6) is 5.75 Å². The molecule has 2 fully saturated rings. The van der Waals surface area contributed by atoms with Crippen molar-refractivity contribution in [3.05, 3.63) is 90.0 Å². The fourth-order valence-electron chi connectivity index (χ4n) is 5.01. The lowest BCUT2D eigenvalue weighted by molar-refractivity contribution is -0.126. The first-order valence-electron chi connectivity index (χ1n) is 13.0. The second kappa shape index (κ2) is 10.0. The molecule has 6 nitrogen and oxygen atoms in total. The van der Waals surface area contributed by atoms with Crippen molar-refractivity contribution in [1.29, 1.82) is 0 Å². The maximum absolute atomic E-state index is 13.8. The lowest BCUT2D eigenvalue weighted by atomic mass is 9.84. The molecule has 0 bridgehead atoms. The Bertz CT molecular complexity index is 1250. The number of anilines is 2. The summed E-state index contributed by atoms with van der Waals surface area (Å²) < 4.78 is 5.74. The van der Waals surface area contributed by atoms with Crippen molar-refractivity contribution in [2.45, 2.75) is 58.1 Å². The van der Waals surface area contributed by atoms with Gasteiger partial charge in [0.05, 0.1) is 24.0 Å². The van der Waals surface area contributed by atoms with Crippen molar-refractivity contribution in [2.24, 2.45) is 5.92 Å². The first-order chi connectivity index (χ1) is 17.8. The molecule has 0 radical (unpaired) electrons. The monoisotopic (exact) mass is 498 g/mol. The number of carbonyl (C=O) groups excluding carboxylic acids is 2. The summed E-state index contributed by atoms with van der Waals surface area (Å²) in [7, 11) is 0. The van der Waals surface area contributed by atoms with Crippen molar-refractivity contribution in [1.82, 2.24) is 0 Å². The normalized spacial score (nSPS) is 21.5. The van der Waals surface area contributed by atoms with E-state index < -0.39 is 18.1 Å². The molecular formula is C31H34N2O4. The minimum atomic E-state index is -0.888. The van der Waals surface area contributed by atoms with Crippen LogP contribution in [0.2, 0.25) is 0 Å². The number of ether oxygens (including phenoxy) is 1. The van der Waals surface area contributed by atoms with Gasteiger partial charge in [-0.2, -0.15) is 0 Å². The number of carbonyl (C=O) groups is 2. The number of para-hydroxylation sites is 1. The van der Waals surface area contributed by atoms with Gasteiger partial charge in [0, 0.05) is 0 Å². The first kappa shape index (κ1) is 25.0. The van der Waals surface area contributed by atoms with Crippen LogP contribution in [0.1, 0.15) is 57.7 Å². The van der Waals surface area contributed by atoms with Gasteiger partial charge in [-0.25, -0.2) is 9.96 Å². The average molecular weight is 499 g/mol. The summed E-state index contributed by atoms with van der Waals surface area (Å²) in [6, 6.07) is 24.7. The zero-order chi connectivity index (χ0) is 26.2. The Morgan fingerprint density at radius 1 is 0.838 bits per heavy atom. The number of hydroxylamine groups is 1. The highest BCUT2D eigenvalue weighted by molar-refractivity contribution is 6.23. The smallest absolute Gasteiger partial charge is 0.266 e. The van der Waals surface area contributed by atoms with Crippen LogP contribution < -0.4 is 14.7 Å². The van der Waals surface area contributed by atoms with Gasteiger partial charge in [0.1, 0.15) is 11.7 Å². The quantitative estimate of drug-likeness (QED) is 0.286. The van der Waals surface area contributed by atoms with E-state index in [9.17, 15) is 9.59 Å². The van der Waals surface area contributed by atoms with Crippen LogP contribution in [0.15, 0.2) is 78.9 Å². The first-order valence-corrected chi connectivity index (χ1v) is 13.0. The van der Waals surface area contributed by atoms with Gasteiger partial charge in [-0.15, -0.1) is 0 Å². The van der Waals surface area contributed by atoms with Crippen molar-refractivity contribution >= 4 is 23.2 Å². The van der Waals surface area contributed by atoms with Crippen molar-refractivity contribution in [3.8, 4) is 5.75 Å². The van der Waals surface area contributed by atoms with Crippen molar-refractivity contribution < 1.29 is 19.2 Å². The summed E-state index contributed by atoms with van der Waals surface area (Å²) in [6.45, 7) is 9.26. The zero-order valence-corrected chi connectivity index (χ0v) is 21.9. The number of unbranched alkanes of at least 4 members (excludes halogenated alkanes) is 1. The third kappa shape index (κ3) is 4.74. The van der Waals surface area contributed by atoms with Crippen LogP contribution in [0.4, 0.5) is 11.4 Å². The summed E-state index contributed by atoms with van der Waals surface area (Å²) >= 11 is 0.